The number of methoxy groups -OCH3 is 1. The van der Waals surface area contributed by atoms with Crippen LogP contribution in [0.25, 0.3) is 0 Å². The monoisotopic (exact) mass is 366 g/mol. The van der Waals surface area contributed by atoms with Gasteiger partial charge in [0.15, 0.2) is 0 Å². The Morgan fingerprint density at radius 3 is 2.22 bits per heavy atom. The fourth-order valence-electron chi connectivity index (χ4n) is 3.49. The molecule has 2 aromatic carbocycles. The van der Waals surface area contributed by atoms with Crippen LogP contribution < -0.4 is 10.1 Å². The van der Waals surface area contributed by atoms with Gasteiger partial charge >= 0.3 is 0 Å². The summed E-state index contributed by atoms with van der Waals surface area (Å²) in [6.07, 6.45) is 4.19. The molecule has 4 heteroatoms. The number of ether oxygens (including phenoxy) is 1. The summed E-state index contributed by atoms with van der Waals surface area (Å²) < 4.78 is 5.23. The van der Waals surface area contributed by atoms with Gasteiger partial charge in [0.25, 0.3) is 0 Å². The number of aryl methyl sites for hydroxylation is 2. The normalized spacial score (nSPS) is 13.6. The van der Waals surface area contributed by atoms with Crippen LogP contribution in [-0.4, -0.2) is 30.5 Å². The SMILES string of the molecule is CCc1cccc(CC)c1NC(=O)CN(Cc1ccc(OC)cc1)C1CC1. The third-order valence-corrected chi connectivity index (χ3v) is 5.22. The van der Waals surface area contributed by atoms with Crippen LogP contribution in [0.2, 0.25) is 0 Å². The number of nitrogens with one attached hydrogen (secondary N) is 1. The van der Waals surface area contributed by atoms with Crippen LogP contribution in [0.3, 0.4) is 0 Å². The summed E-state index contributed by atoms with van der Waals surface area (Å²) in [5.41, 5.74) is 4.62. The first kappa shape index (κ1) is 19.4. The third kappa shape index (κ3) is 5.10. The van der Waals surface area contributed by atoms with Crippen LogP contribution in [0.15, 0.2) is 42.5 Å². The van der Waals surface area contributed by atoms with E-state index in [9.17, 15) is 4.79 Å². The van der Waals surface area contributed by atoms with Crippen LogP contribution in [0.4, 0.5) is 5.69 Å². The van der Waals surface area contributed by atoms with Gasteiger partial charge in [-0.25, -0.2) is 0 Å². The van der Waals surface area contributed by atoms with Crippen LogP contribution in [0, 0.1) is 0 Å². The highest BCUT2D eigenvalue weighted by Gasteiger charge is 2.30. The van der Waals surface area contributed by atoms with E-state index in [4.69, 9.17) is 4.74 Å². The molecule has 27 heavy (non-hydrogen) atoms. The Hall–Kier alpha value is -2.33. The lowest BCUT2D eigenvalue weighted by atomic mass is 10.0. The van der Waals surface area contributed by atoms with Gasteiger partial charge in [-0.05, 0) is 54.5 Å². The second-order valence-electron chi connectivity index (χ2n) is 7.19. The molecule has 0 heterocycles. The summed E-state index contributed by atoms with van der Waals surface area (Å²) in [5.74, 6) is 0.934. The van der Waals surface area contributed by atoms with Gasteiger partial charge in [-0.15, -0.1) is 0 Å². The Morgan fingerprint density at radius 2 is 1.70 bits per heavy atom. The van der Waals surface area contributed by atoms with Gasteiger partial charge in [0.1, 0.15) is 5.75 Å². The molecule has 1 aliphatic carbocycles. The molecular weight excluding hydrogens is 336 g/mol. The Bertz CT molecular complexity index is 744. The zero-order valence-corrected chi connectivity index (χ0v) is 16.6. The highest BCUT2D eigenvalue weighted by molar-refractivity contribution is 5.94. The molecular formula is C23H30N2O2. The van der Waals surface area contributed by atoms with E-state index in [0.29, 0.717) is 12.6 Å². The molecule has 1 amide bonds. The van der Waals surface area contributed by atoms with E-state index in [1.54, 1.807) is 7.11 Å². The minimum absolute atomic E-state index is 0.0750. The first-order valence-electron chi connectivity index (χ1n) is 9.92. The minimum atomic E-state index is 0.0750. The number of rotatable bonds is 9. The van der Waals surface area contributed by atoms with Crippen molar-refractivity contribution in [1.82, 2.24) is 4.90 Å². The van der Waals surface area contributed by atoms with Crippen LogP contribution >= 0.6 is 0 Å². The topological polar surface area (TPSA) is 41.6 Å². The second kappa shape index (κ2) is 9.05. The smallest absolute Gasteiger partial charge is 0.238 e. The van der Waals surface area contributed by atoms with Crippen molar-refractivity contribution in [3.8, 4) is 5.75 Å². The molecule has 1 N–H and O–H groups in total. The molecule has 0 unspecified atom stereocenters. The Balaban J connectivity index is 1.67. The molecule has 0 radical (unpaired) electrons. The summed E-state index contributed by atoms with van der Waals surface area (Å²) in [5, 5.41) is 3.20. The van der Waals surface area contributed by atoms with Gasteiger partial charge in [0.2, 0.25) is 5.91 Å². The predicted molar refractivity (Wildman–Crippen MR) is 110 cm³/mol. The molecule has 1 fully saturated rings. The van der Waals surface area contributed by atoms with E-state index in [1.807, 2.05) is 12.1 Å². The average molecular weight is 367 g/mol. The lowest BCUT2D eigenvalue weighted by molar-refractivity contribution is -0.117. The van der Waals surface area contributed by atoms with Crippen molar-refractivity contribution in [2.75, 3.05) is 19.0 Å². The molecule has 144 valence electrons. The highest BCUT2D eigenvalue weighted by atomic mass is 16.5. The van der Waals surface area contributed by atoms with Crippen molar-refractivity contribution in [1.29, 1.82) is 0 Å². The van der Waals surface area contributed by atoms with E-state index in [2.05, 4.69) is 54.4 Å². The van der Waals surface area contributed by atoms with Gasteiger partial charge in [0.05, 0.1) is 13.7 Å². The van der Waals surface area contributed by atoms with Crippen molar-refractivity contribution in [2.24, 2.45) is 0 Å². The van der Waals surface area contributed by atoms with Crippen LogP contribution in [0.5, 0.6) is 5.75 Å². The number of carbonyl (C=O) groups is 1. The highest BCUT2D eigenvalue weighted by Crippen LogP contribution is 2.29. The molecule has 1 saturated carbocycles. The molecule has 0 atom stereocenters. The molecule has 0 bridgehead atoms. The maximum Gasteiger partial charge on any atom is 0.238 e. The third-order valence-electron chi connectivity index (χ3n) is 5.22. The maximum absolute atomic E-state index is 12.8. The van der Waals surface area contributed by atoms with Crippen LogP contribution in [-0.2, 0) is 24.2 Å². The number of carbonyl (C=O) groups excluding carboxylic acids is 1. The summed E-state index contributed by atoms with van der Waals surface area (Å²) in [6, 6.07) is 14.9. The van der Waals surface area contributed by atoms with E-state index < -0.39 is 0 Å². The summed E-state index contributed by atoms with van der Waals surface area (Å²) in [7, 11) is 1.68. The van der Waals surface area contributed by atoms with E-state index in [1.165, 1.54) is 29.5 Å². The Labute approximate surface area is 162 Å². The fourth-order valence-corrected chi connectivity index (χ4v) is 3.49. The largest absolute Gasteiger partial charge is 0.497 e. The van der Waals surface area contributed by atoms with Gasteiger partial charge in [0, 0.05) is 18.3 Å². The summed E-state index contributed by atoms with van der Waals surface area (Å²) in [4.78, 5) is 15.1. The lowest BCUT2D eigenvalue weighted by Gasteiger charge is -2.22. The molecule has 0 aromatic heterocycles. The van der Waals surface area contributed by atoms with Gasteiger partial charge < -0.3 is 10.1 Å². The van der Waals surface area contributed by atoms with E-state index >= 15 is 0 Å². The van der Waals surface area contributed by atoms with Gasteiger partial charge in [-0.3, -0.25) is 9.69 Å². The first-order valence-corrected chi connectivity index (χ1v) is 9.92. The standard InChI is InChI=1S/C23H30N2O2/c1-4-18-7-6-8-19(5-2)23(18)24-22(26)16-25(20-11-12-20)15-17-9-13-21(27-3)14-10-17/h6-10,13-14,20H,4-5,11-12,15-16H2,1-3H3,(H,24,26). The number of amides is 1. The van der Waals surface area contributed by atoms with Gasteiger partial charge in [-0.1, -0.05) is 44.2 Å². The Morgan fingerprint density at radius 1 is 1.07 bits per heavy atom. The number of nitrogens with zero attached hydrogens (tertiary/aromatic N) is 1. The summed E-state index contributed by atoms with van der Waals surface area (Å²) in [6.45, 7) is 5.48. The number of benzene rings is 2. The second-order valence-corrected chi connectivity index (χ2v) is 7.19. The summed E-state index contributed by atoms with van der Waals surface area (Å²) >= 11 is 0. The molecule has 0 aliphatic heterocycles. The van der Waals surface area contributed by atoms with Crippen molar-refractivity contribution in [3.63, 3.8) is 0 Å². The fraction of sp³-hybridized carbons (Fsp3) is 0.435. The Kier molecular flexibility index (Phi) is 6.51. The van der Waals surface area contributed by atoms with Crippen LogP contribution in [0.1, 0.15) is 43.4 Å². The number of para-hydroxylation sites is 1. The van der Waals surface area contributed by atoms with Crippen molar-refractivity contribution in [3.05, 3.63) is 59.2 Å². The minimum Gasteiger partial charge on any atom is -0.497 e. The first-order chi connectivity index (χ1) is 13.1. The van der Waals surface area contributed by atoms with Crippen molar-refractivity contribution in [2.45, 2.75) is 52.1 Å². The quantitative estimate of drug-likeness (QED) is 0.714. The molecule has 1 aliphatic rings. The van der Waals surface area contributed by atoms with Gasteiger partial charge in [-0.2, -0.15) is 0 Å². The molecule has 0 saturated heterocycles. The average Bonchev–Trinajstić information content (AvgIpc) is 3.53. The van der Waals surface area contributed by atoms with E-state index in [0.717, 1.165) is 30.8 Å². The van der Waals surface area contributed by atoms with Crippen molar-refractivity contribution >= 4 is 11.6 Å². The predicted octanol–water partition coefficient (Wildman–Crippen LogP) is 4.42. The molecule has 2 aromatic rings. The number of hydrogen-bond acceptors (Lipinski definition) is 3. The number of hydrogen-bond donors (Lipinski definition) is 1. The number of anilines is 1. The zero-order valence-electron chi connectivity index (χ0n) is 16.6. The lowest BCUT2D eigenvalue weighted by Crippen LogP contribution is -2.34. The maximum atomic E-state index is 12.8. The van der Waals surface area contributed by atoms with E-state index in [-0.39, 0.29) is 5.91 Å². The zero-order chi connectivity index (χ0) is 19.2. The molecule has 0 spiro atoms. The van der Waals surface area contributed by atoms with Crippen molar-refractivity contribution < 1.29 is 9.53 Å². The molecule has 4 nitrogen and oxygen atoms in total. The molecule has 3 rings (SSSR count).